The molecular weight excluding hydrogens is 332 g/mol. The minimum absolute atomic E-state index is 0.00237. The number of amidine groups is 2. The van der Waals surface area contributed by atoms with E-state index in [1.54, 1.807) is 13.2 Å². The van der Waals surface area contributed by atoms with Crippen LogP contribution in [0.2, 0.25) is 0 Å². The van der Waals surface area contributed by atoms with Crippen molar-refractivity contribution in [1.29, 1.82) is 0 Å². The van der Waals surface area contributed by atoms with Gasteiger partial charge in [0.1, 0.15) is 5.69 Å². The highest BCUT2D eigenvalue weighted by molar-refractivity contribution is 6.56. The number of fused-ring (bicyclic) bond motifs is 3. The predicted molar refractivity (Wildman–Crippen MR) is 101 cm³/mol. The molecule has 1 N–H and O–H groups in total. The van der Waals surface area contributed by atoms with Gasteiger partial charge in [0.05, 0.1) is 11.8 Å². The molecule has 4 rings (SSSR count). The predicted octanol–water partition coefficient (Wildman–Crippen LogP) is 1.37. The van der Waals surface area contributed by atoms with Crippen LogP contribution in [0.3, 0.4) is 0 Å². The van der Waals surface area contributed by atoms with Gasteiger partial charge in [-0.15, -0.1) is 0 Å². The van der Waals surface area contributed by atoms with E-state index in [1.807, 2.05) is 21.9 Å². The molecule has 0 atom stereocenters. The minimum Gasteiger partial charge on any atom is -0.381 e. The fourth-order valence-electron chi connectivity index (χ4n) is 3.72. The first-order chi connectivity index (χ1) is 12.6. The van der Waals surface area contributed by atoms with Crippen LogP contribution in [0, 0.1) is 0 Å². The van der Waals surface area contributed by atoms with Crippen molar-refractivity contribution < 1.29 is 14.3 Å². The van der Waals surface area contributed by atoms with Gasteiger partial charge in [-0.05, 0) is 37.5 Å². The number of benzene rings is 1. The summed E-state index contributed by atoms with van der Waals surface area (Å²) in [5.74, 6) is 1.11. The molecule has 0 spiro atoms. The standard InChI is InChI=1S/C19H22N4O3/c1-3-4-16-21-17-18(24)20-14-11-12(5-6-15(14)23(16)17)19(25)22-9-7-13(26-2)8-10-22/h5-6,11,13H,3-4,7-10H2,1-2H3/p+1. The van der Waals surface area contributed by atoms with E-state index in [1.165, 1.54) is 0 Å². The van der Waals surface area contributed by atoms with Gasteiger partial charge in [-0.25, -0.2) is 4.67 Å². The average molecular weight is 355 g/mol. The molecule has 7 heteroatoms. The van der Waals surface area contributed by atoms with Crippen LogP contribution in [0.1, 0.15) is 43.0 Å². The van der Waals surface area contributed by atoms with Crippen LogP contribution in [0.15, 0.2) is 18.2 Å². The molecule has 3 heterocycles. The van der Waals surface area contributed by atoms with Crippen molar-refractivity contribution in [1.82, 2.24) is 9.57 Å². The summed E-state index contributed by atoms with van der Waals surface area (Å²) in [6, 6.07) is 5.51. The Morgan fingerprint density at radius 3 is 2.81 bits per heavy atom. The van der Waals surface area contributed by atoms with Crippen LogP contribution >= 0.6 is 0 Å². The Hall–Kier alpha value is -2.63. The molecule has 1 saturated heterocycles. The van der Waals surface area contributed by atoms with Gasteiger partial charge in [0.25, 0.3) is 5.91 Å². The van der Waals surface area contributed by atoms with Crippen molar-refractivity contribution in [2.75, 3.05) is 30.4 Å². The van der Waals surface area contributed by atoms with Crippen molar-refractivity contribution in [3.8, 4) is 0 Å². The second-order valence-electron chi connectivity index (χ2n) is 6.85. The lowest BCUT2D eigenvalue weighted by Gasteiger charge is -2.32. The van der Waals surface area contributed by atoms with Crippen molar-refractivity contribution >= 4 is 34.9 Å². The third kappa shape index (κ3) is 2.69. The molecule has 3 aliphatic heterocycles. The van der Waals surface area contributed by atoms with Crippen molar-refractivity contribution in [2.24, 2.45) is 0 Å². The maximum atomic E-state index is 12.8. The Kier molecular flexibility index (Phi) is 4.26. The summed E-state index contributed by atoms with van der Waals surface area (Å²) in [4.78, 5) is 28.8. The highest BCUT2D eigenvalue weighted by atomic mass is 16.5. The zero-order valence-corrected chi connectivity index (χ0v) is 15.1. The number of nitrogens with one attached hydrogen (secondary N) is 1. The number of piperidine rings is 1. The zero-order valence-electron chi connectivity index (χ0n) is 15.1. The Morgan fingerprint density at radius 2 is 2.12 bits per heavy atom. The largest absolute Gasteiger partial charge is 0.389 e. The van der Waals surface area contributed by atoms with E-state index < -0.39 is 0 Å². The van der Waals surface area contributed by atoms with E-state index in [4.69, 9.17) is 4.74 Å². The Labute approximate surface area is 152 Å². The van der Waals surface area contributed by atoms with Crippen LogP contribution in [-0.2, 0) is 9.53 Å². The zero-order chi connectivity index (χ0) is 18.3. The molecule has 26 heavy (non-hydrogen) atoms. The number of carbonyl (C=O) groups excluding carboxylic acids is 2. The monoisotopic (exact) mass is 355 g/mol. The molecule has 1 aromatic rings. The lowest BCUT2D eigenvalue weighted by atomic mass is 10.0. The summed E-state index contributed by atoms with van der Waals surface area (Å²) in [6.45, 7) is 3.47. The molecule has 7 nitrogen and oxygen atoms in total. The van der Waals surface area contributed by atoms with Crippen LogP contribution in [0.5, 0.6) is 0 Å². The number of likely N-dealkylation sites (tertiary alicyclic amines) is 1. The van der Waals surface area contributed by atoms with E-state index in [-0.39, 0.29) is 17.9 Å². The molecule has 0 aromatic heterocycles. The quantitative estimate of drug-likeness (QED) is 0.828. The van der Waals surface area contributed by atoms with E-state index >= 15 is 0 Å². The topological polar surface area (TPSA) is 76.0 Å². The molecule has 0 radical (unpaired) electrons. The van der Waals surface area contributed by atoms with Crippen LogP contribution in [-0.4, -0.2) is 54.7 Å². The summed E-state index contributed by atoms with van der Waals surface area (Å²) in [7, 11) is 1.71. The van der Waals surface area contributed by atoms with Gasteiger partial charge in [-0.3, -0.25) is 9.59 Å². The number of hydrogen-bond donors (Lipinski definition) is 1. The van der Waals surface area contributed by atoms with Crippen molar-refractivity contribution in [3.05, 3.63) is 23.8 Å². The number of methoxy groups -OCH3 is 1. The molecule has 0 unspecified atom stereocenters. The van der Waals surface area contributed by atoms with Gasteiger partial charge in [0.2, 0.25) is 0 Å². The summed E-state index contributed by atoms with van der Waals surface area (Å²) < 4.78 is 9.68. The van der Waals surface area contributed by atoms with Crippen LogP contribution in [0.25, 0.3) is 0 Å². The van der Waals surface area contributed by atoms with Crippen molar-refractivity contribution in [2.45, 2.75) is 38.7 Å². The lowest BCUT2D eigenvalue weighted by molar-refractivity contribution is -0.110. The smallest absolute Gasteiger partial charge is 0.381 e. The Bertz CT molecular complexity index is 833. The number of anilines is 2. The lowest BCUT2D eigenvalue weighted by Crippen LogP contribution is -2.56. The van der Waals surface area contributed by atoms with Crippen LogP contribution < -0.4 is 14.9 Å². The summed E-state index contributed by atoms with van der Waals surface area (Å²) in [6.07, 6.45) is 3.73. The van der Waals surface area contributed by atoms with Gasteiger partial charge in [0, 0.05) is 32.2 Å². The molecule has 2 amide bonds. The Morgan fingerprint density at radius 1 is 1.35 bits per heavy atom. The Balaban J connectivity index is 1.55. The van der Waals surface area contributed by atoms with Gasteiger partial charge in [-0.2, -0.15) is 4.90 Å². The summed E-state index contributed by atoms with van der Waals surface area (Å²) in [5.41, 5.74) is 2.14. The molecule has 0 saturated carbocycles. The third-order valence-electron chi connectivity index (χ3n) is 5.18. The third-order valence-corrected chi connectivity index (χ3v) is 5.18. The second-order valence-corrected chi connectivity index (χ2v) is 6.85. The number of ether oxygens (including phenoxy) is 1. The first-order valence-corrected chi connectivity index (χ1v) is 9.14. The SMILES string of the molecule is CCCC1=[N+]=C2C(=O)Nc3cc(C(=O)N4CCC(OC)CC4)ccc3N12. The number of nitrogens with zero attached hydrogens (tertiary/aromatic N) is 3. The second kappa shape index (κ2) is 6.59. The highest BCUT2D eigenvalue weighted by Gasteiger charge is 2.45. The van der Waals surface area contributed by atoms with E-state index in [2.05, 4.69) is 16.9 Å². The van der Waals surface area contributed by atoms with Crippen LogP contribution in [0.4, 0.5) is 11.4 Å². The number of amides is 2. The van der Waals surface area contributed by atoms with Gasteiger partial charge >= 0.3 is 17.6 Å². The molecular formula is C19H23N4O3+. The summed E-state index contributed by atoms with van der Waals surface area (Å²) >= 11 is 0. The number of rotatable bonds is 4. The fraction of sp³-hybridized carbons (Fsp3) is 0.474. The first-order valence-electron chi connectivity index (χ1n) is 9.14. The van der Waals surface area contributed by atoms with Gasteiger partial charge in [-0.1, -0.05) is 6.92 Å². The highest BCUT2D eigenvalue weighted by Crippen LogP contribution is 2.33. The molecule has 1 aromatic carbocycles. The molecule has 0 bridgehead atoms. The maximum Gasteiger partial charge on any atom is 0.389 e. The summed E-state index contributed by atoms with van der Waals surface area (Å²) in [5, 5.41) is 2.85. The van der Waals surface area contributed by atoms with E-state index in [0.717, 1.165) is 37.2 Å². The normalized spacial score (nSPS) is 19.1. The number of hydrogen-bond acceptors (Lipinski definition) is 4. The van der Waals surface area contributed by atoms with Crippen molar-refractivity contribution in [3.63, 3.8) is 0 Å². The van der Waals surface area contributed by atoms with E-state index in [9.17, 15) is 9.59 Å². The fourth-order valence-corrected chi connectivity index (χ4v) is 3.72. The maximum absolute atomic E-state index is 12.8. The minimum atomic E-state index is -0.220. The average Bonchev–Trinajstić information content (AvgIpc) is 2.65. The molecule has 1 fully saturated rings. The number of carbonyl (C=O) groups is 2. The molecule has 136 valence electrons. The van der Waals surface area contributed by atoms with Gasteiger partial charge in [0.15, 0.2) is 0 Å². The first kappa shape index (κ1) is 16.8. The van der Waals surface area contributed by atoms with Gasteiger partial charge < -0.3 is 15.0 Å². The molecule has 0 aliphatic carbocycles. The molecule has 3 aliphatic rings. The van der Waals surface area contributed by atoms with E-state index in [0.29, 0.717) is 30.2 Å².